The Morgan fingerprint density at radius 2 is 1.84 bits per heavy atom. The number of hydrogen-bond acceptors (Lipinski definition) is 9. The monoisotopic (exact) mass is 439 g/mol. The van der Waals surface area contributed by atoms with Crippen LogP contribution in [0.25, 0.3) is 11.4 Å². The normalized spacial score (nSPS) is 14.7. The highest BCUT2D eigenvalue weighted by Crippen LogP contribution is 2.29. The van der Waals surface area contributed by atoms with E-state index in [0.717, 1.165) is 35.8 Å². The molecule has 1 fully saturated rings. The number of quaternary nitrogens is 1. The smallest absolute Gasteiger partial charge is 0.179 e. The number of para-hydroxylation sites is 2. The van der Waals surface area contributed by atoms with Gasteiger partial charge in [0.2, 0.25) is 0 Å². The van der Waals surface area contributed by atoms with Gasteiger partial charge in [-0.05, 0) is 36.4 Å². The van der Waals surface area contributed by atoms with Gasteiger partial charge in [0.05, 0.1) is 37.9 Å². The summed E-state index contributed by atoms with van der Waals surface area (Å²) in [6.45, 7) is 2.88. The molecule has 10 heteroatoms. The van der Waals surface area contributed by atoms with E-state index in [0.29, 0.717) is 35.0 Å². The van der Waals surface area contributed by atoms with E-state index in [2.05, 4.69) is 20.7 Å². The first-order valence-electron chi connectivity index (χ1n) is 9.90. The first kappa shape index (κ1) is 21.0. The fraction of sp³-hybridized carbons (Fsp3) is 0.238. The summed E-state index contributed by atoms with van der Waals surface area (Å²) in [5.41, 5.74) is 15.4. The summed E-state index contributed by atoms with van der Waals surface area (Å²) in [5.74, 6) is 2.07. The summed E-state index contributed by atoms with van der Waals surface area (Å²) >= 11 is 5.39. The molecule has 0 saturated carbocycles. The van der Waals surface area contributed by atoms with Crippen LogP contribution in [0, 0.1) is 0 Å². The van der Waals surface area contributed by atoms with Crippen molar-refractivity contribution in [2.45, 2.75) is 0 Å². The van der Waals surface area contributed by atoms with Crippen LogP contribution < -0.4 is 30.7 Å². The summed E-state index contributed by atoms with van der Waals surface area (Å²) in [5, 5.41) is 0. The molecule has 3 aromatic rings. The van der Waals surface area contributed by atoms with Crippen LogP contribution in [0.5, 0.6) is 5.75 Å². The maximum Gasteiger partial charge on any atom is 0.179 e. The topological polar surface area (TPSA) is 102 Å². The molecule has 2 aromatic carbocycles. The van der Waals surface area contributed by atoms with E-state index in [1.54, 1.807) is 13.3 Å². The van der Waals surface area contributed by atoms with Crippen molar-refractivity contribution in [3.05, 3.63) is 54.7 Å². The quantitative estimate of drug-likeness (QED) is 0.246. The molecule has 2 heterocycles. The second kappa shape index (κ2) is 9.73. The van der Waals surface area contributed by atoms with Gasteiger partial charge >= 0.3 is 0 Å². The summed E-state index contributed by atoms with van der Waals surface area (Å²) in [6, 6.07) is 15.2. The van der Waals surface area contributed by atoms with Gasteiger partial charge < -0.3 is 32.9 Å². The third-order valence-electron chi connectivity index (χ3n) is 4.88. The number of methoxy groups -OCH3 is 1. The number of morpholine rings is 1. The first-order valence-corrected chi connectivity index (χ1v) is 10.3. The minimum atomic E-state index is 0.459. The number of nitrogen functional groups attached to an aromatic ring is 1. The second-order valence-electron chi connectivity index (χ2n) is 6.93. The molecule has 0 radical (unpaired) electrons. The third-order valence-corrected chi connectivity index (χ3v) is 5.08. The van der Waals surface area contributed by atoms with Crippen molar-refractivity contribution >= 4 is 35.7 Å². The van der Waals surface area contributed by atoms with E-state index in [4.69, 9.17) is 33.0 Å². The average molecular weight is 440 g/mol. The molecule has 5 N–H and O–H groups in total. The fourth-order valence-corrected chi connectivity index (χ4v) is 3.47. The van der Waals surface area contributed by atoms with Gasteiger partial charge in [-0.3, -0.25) is 0 Å². The largest absolute Gasteiger partial charge is 0.491 e. The minimum absolute atomic E-state index is 0.459. The van der Waals surface area contributed by atoms with Gasteiger partial charge in [0, 0.05) is 18.7 Å². The molecular weight excluding hydrogens is 414 g/mol. The van der Waals surface area contributed by atoms with E-state index in [1.165, 1.54) is 0 Å². The van der Waals surface area contributed by atoms with Crippen LogP contribution in [0.15, 0.2) is 54.7 Å². The summed E-state index contributed by atoms with van der Waals surface area (Å²) in [7, 11) is 1.63. The van der Waals surface area contributed by atoms with Crippen molar-refractivity contribution in [2.75, 3.05) is 54.9 Å². The molecule has 1 unspecified atom stereocenters. The van der Waals surface area contributed by atoms with Crippen LogP contribution in [-0.4, -0.2) is 43.4 Å². The SMILES string of the molecule is COc1cnc(-c2ccc(N[NH+]([S-])Nc3ccccc3N)cc2)nc1N1CCOCC1. The Labute approximate surface area is 186 Å². The van der Waals surface area contributed by atoms with E-state index in [-0.39, 0.29) is 0 Å². The van der Waals surface area contributed by atoms with Gasteiger partial charge in [-0.15, -0.1) is 0 Å². The molecule has 4 rings (SSSR count). The van der Waals surface area contributed by atoms with Crippen molar-refractivity contribution in [3.8, 4) is 17.1 Å². The van der Waals surface area contributed by atoms with E-state index >= 15 is 0 Å². The zero-order chi connectivity index (χ0) is 21.6. The molecule has 0 spiro atoms. The number of hydrogen-bond donors (Lipinski definition) is 4. The molecule has 0 bridgehead atoms. The van der Waals surface area contributed by atoms with Gasteiger partial charge in [-0.1, -0.05) is 12.1 Å². The third kappa shape index (κ3) is 5.10. The Bertz CT molecular complexity index is 1010. The van der Waals surface area contributed by atoms with Gasteiger partial charge in [0.15, 0.2) is 17.4 Å². The predicted octanol–water partition coefficient (Wildman–Crippen LogP) is 1.27. The second-order valence-corrected chi connectivity index (χ2v) is 7.34. The van der Waals surface area contributed by atoms with Crippen LogP contribution in [0.3, 0.4) is 0 Å². The van der Waals surface area contributed by atoms with E-state index < -0.39 is 0 Å². The predicted molar refractivity (Wildman–Crippen MR) is 123 cm³/mol. The highest BCUT2D eigenvalue weighted by molar-refractivity contribution is 7.51. The van der Waals surface area contributed by atoms with Crippen LogP contribution >= 0.6 is 0 Å². The molecule has 1 aliphatic heterocycles. The summed E-state index contributed by atoms with van der Waals surface area (Å²) < 4.78 is 11.4. The first-order chi connectivity index (χ1) is 15.1. The highest BCUT2D eigenvalue weighted by atomic mass is 32.1. The number of benzene rings is 2. The molecule has 0 aliphatic carbocycles. The van der Waals surface area contributed by atoms with Crippen molar-refractivity contribution < 1.29 is 14.0 Å². The number of nitrogens with one attached hydrogen (secondary N) is 3. The number of nitrogens with two attached hydrogens (primary N) is 1. The number of nitrogens with zero attached hydrogens (tertiary/aromatic N) is 3. The van der Waals surface area contributed by atoms with Gasteiger partial charge in [0.25, 0.3) is 0 Å². The number of rotatable bonds is 7. The Hall–Kier alpha value is -3.21. The van der Waals surface area contributed by atoms with E-state index in [1.807, 2.05) is 48.5 Å². The average Bonchev–Trinajstić information content (AvgIpc) is 2.81. The zero-order valence-corrected chi connectivity index (χ0v) is 18.0. The molecule has 1 aromatic heterocycles. The number of anilines is 4. The lowest BCUT2D eigenvalue weighted by atomic mass is 10.2. The summed E-state index contributed by atoms with van der Waals surface area (Å²) in [4.78, 5) is 11.4. The molecule has 0 amide bonds. The lowest BCUT2D eigenvalue weighted by Crippen LogP contribution is -3.14. The zero-order valence-electron chi connectivity index (χ0n) is 17.2. The Balaban J connectivity index is 1.47. The van der Waals surface area contributed by atoms with Gasteiger partial charge in [0.1, 0.15) is 5.69 Å². The van der Waals surface area contributed by atoms with Crippen LogP contribution in [0.2, 0.25) is 0 Å². The van der Waals surface area contributed by atoms with Crippen molar-refractivity contribution in [3.63, 3.8) is 0 Å². The molecule has 1 atom stereocenters. The lowest BCUT2D eigenvalue weighted by molar-refractivity contribution is -0.699. The van der Waals surface area contributed by atoms with Crippen LogP contribution in [0.4, 0.5) is 22.9 Å². The Kier molecular flexibility index (Phi) is 6.60. The van der Waals surface area contributed by atoms with Gasteiger partial charge in [-0.2, -0.15) is 0 Å². The van der Waals surface area contributed by atoms with Crippen LogP contribution in [0.1, 0.15) is 0 Å². The summed E-state index contributed by atoms with van der Waals surface area (Å²) in [6.07, 6.45) is 1.71. The number of aromatic nitrogens is 2. The lowest BCUT2D eigenvalue weighted by Gasteiger charge is -2.29. The number of ether oxygens (including phenoxy) is 2. The molecule has 31 heavy (non-hydrogen) atoms. The Morgan fingerprint density at radius 3 is 2.55 bits per heavy atom. The Morgan fingerprint density at radius 1 is 1.10 bits per heavy atom. The van der Waals surface area contributed by atoms with Gasteiger partial charge in [-0.25, -0.2) is 25.3 Å². The molecule has 1 saturated heterocycles. The molecule has 9 nitrogen and oxygen atoms in total. The van der Waals surface area contributed by atoms with E-state index in [9.17, 15) is 0 Å². The van der Waals surface area contributed by atoms with Crippen LogP contribution in [-0.2, 0) is 17.6 Å². The maximum atomic E-state index is 5.95. The van der Waals surface area contributed by atoms with Crippen molar-refractivity contribution in [1.29, 1.82) is 0 Å². The standard InChI is InChI=1S/C21H25N7O2S/c1-29-19-14-23-20(24-21(19)27-10-12-30-13-11-27)15-6-8-16(9-7-15)25-28(31)26-18-5-3-2-4-17(18)22/h2-9,14,25-26,28H,10-13,22H2,1H3. The molecule has 1 aliphatic rings. The minimum Gasteiger partial charge on any atom is -0.491 e. The highest BCUT2D eigenvalue weighted by Gasteiger charge is 2.18. The molecule has 162 valence electrons. The fourth-order valence-electron chi connectivity index (χ4n) is 3.24. The van der Waals surface area contributed by atoms with Crippen molar-refractivity contribution in [1.82, 2.24) is 9.97 Å². The maximum absolute atomic E-state index is 5.95. The molecular formula is C21H25N7O2S. The van der Waals surface area contributed by atoms with Crippen molar-refractivity contribution in [2.24, 2.45) is 0 Å².